The summed E-state index contributed by atoms with van der Waals surface area (Å²) in [6.45, 7) is 0.939. The molecule has 1 aliphatic heterocycles. The Labute approximate surface area is 171 Å². The van der Waals surface area contributed by atoms with Crippen molar-refractivity contribution in [3.05, 3.63) is 52.6 Å². The van der Waals surface area contributed by atoms with Gasteiger partial charge in [0, 0.05) is 18.3 Å². The molecule has 0 saturated carbocycles. The van der Waals surface area contributed by atoms with Gasteiger partial charge in [0.25, 0.3) is 5.91 Å². The molecular formula is C18H19ClN6O2S. The third-order valence-corrected chi connectivity index (χ3v) is 5.69. The van der Waals surface area contributed by atoms with E-state index in [-0.39, 0.29) is 12.5 Å². The van der Waals surface area contributed by atoms with Gasteiger partial charge >= 0.3 is 0 Å². The van der Waals surface area contributed by atoms with Gasteiger partial charge in [-0.1, -0.05) is 11.3 Å². The molecule has 1 atom stereocenters. The van der Waals surface area contributed by atoms with Crippen LogP contribution < -0.4 is 4.90 Å². The molecule has 0 bridgehead atoms. The third-order valence-electron chi connectivity index (χ3n) is 4.56. The van der Waals surface area contributed by atoms with Crippen LogP contribution in [0.3, 0.4) is 0 Å². The molecule has 1 N–H and O–H groups in total. The van der Waals surface area contributed by atoms with E-state index in [0.717, 1.165) is 41.7 Å². The van der Waals surface area contributed by atoms with Gasteiger partial charge in [-0.2, -0.15) is 0 Å². The van der Waals surface area contributed by atoms with Crippen LogP contribution in [0.1, 0.15) is 34.6 Å². The smallest absolute Gasteiger partial charge is 0.278 e. The maximum Gasteiger partial charge on any atom is 0.278 e. The summed E-state index contributed by atoms with van der Waals surface area (Å²) < 4.78 is 2.68. The summed E-state index contributed by atoms with van der Waals surface area (Å²) in [5.41, 5.74) is 1.30. The second kappa shape index (κ2) is 8.26. The van der Waals surface area contributed by atoms with Crippen LogP contribution in [-0.4, -0.2) is 48.2 Å². The molecular weight excluding hydrogens is 400 g/mol. The van der Waals surface area contributed by atoms with Crippen LogP contribution in [0.25, 0.3) is 5.69 Å². The Bertz CT molecular complexity index is 930. The molecule has 0 spiro atoms. The number of anilines is 1. The lowest BCUT2D eigenvalue weighted by atomic mass is 10.1. The van der Waals surface area contributed by atoms with Crippen molar-refractivity contribution in [3.8, 4) is 5.69 Å². The number of rotatable bonds is 5. The van der Waals surface area contributed by atoms with E-state index in [2.05, 4.69) is 15.3 Å². The number of thiophene rings is 1. The zero-order valence-corrected chi connectivity index (χ0v) is 16.6. The number of halogens is 1. The predicted molar refractivity (Wildman–Crippen MR) is 106 cm³/mol. The molecule has 28 heavy (non-hydrogen) atoms. The maximum absolute atomic E-state index is 12.2. The summed E-state index contributed by atoms with van der Waals surface area (Å²) in [4.78, 5) is 19.1. The first kappa shape index (κ1) is 18.9. The second-order valence-corrected chi connectivity index (χ2v) is 7.86. The number of aliphatic hydroxyl groups is 1. The monoisotopic (exact) mass is 418 g/mol. The Balaban J connectivity index is 1.43. The fourth-order valence-electron chi connectivity index (χ4n) is 3.10. The van der Waals surface area contributed by atoms with E-state index < -0.39 is 6.23 Å². The molecule has 0 aromatic carbocycles. The average molecular weight is 419 g/mol. The molecule has 4 heterocycles. The number of carbonyl (C=O) groups excluding carboxylic acids is 1. The highest BCUT2D eigenvalue weighted by Crippen LogP contribution is 2.22. The molecule has 1 amide bonds. The lowest BCUT2D eigenvalue weighted by Crippen LogP contribution is -2.39. The fraction of sp³-hybridized carbons (Fsp3) is 0.333. The van der Waals surface area contributed by atoms with E-state index in [1.807, 2.05) is 22.4 Å². The van der Waals surface area contributed by atoms with Crippen LogP contribution in [0.5, 0.6) is 0 Å². The first-order valence-corrected chi connectivity index (χ1v) is 10.2. The summed E-state index contributed by atoms with van der Waals surface area (Å²) in [7, 11) is 0. The maximum atomic E-state index is 12.2. The van der Waals surface area contributed by atoms with Crippen LogP contribution >= 0.6 is 23.1 Å². The van der Waals surface area contributed by atoms with Gasteiger partial charge in [0.05, 0.1) is 29.5 Å². The van der Waals surface area contributed by atoms with E-state index in [1.54, 1.807) is 29.2 Å². The minimum Gasteiger partial charge on any atom is -0.374 e. The van der Waals surface area contributed by atoms with Crippen LogP contribution in [0.2, 0.25) is 0 Å². The topological polar surface area (TPSA) is 87.4 Å². The number of aliphatic hydroxyl groups excluding tert-OH is 1. The second-order valence-electron chi connectivity index (χ2n) is 6.50. The van der Waals surface area contributed by atoms with Gasteiger partial charge in [0.1, 0.15) is 17.7 Å². The molecule has 1 aliphatic rings. The van der Waals surface area contributed by atoms with Crippen LogP contribution in [0.15, 0.2) is 42.0 Å². The molecule has 1 unspecified atom stereocenters. The van der Waals surface area contributed by atoms with Gasteiger partial charge in [-0.3, -0.25) is 4.79 Å². The summed E-state index contributed by atoms with van der Waals surface area (Å²) in [6, 6.07) is 7.26. The van der Waals surface area contributed by atoms with Crippen molar-refractivity contribution in [1.29, 1.82) is 0 Å². The zero-order chi connectivity index (χ0) is 19.5. The summed E-state index contributed by atoms with van der Waals surface area (Å²) in [5, 5.41) is 20.1. The number of piperidine rings is 1. The van der Waals surface area contributed by atoms with Gasteiger partial charge in [-0.25, -0.2) is 14.1 Å². The third kappa shape index (κ3) is 4.01. The van der Waals surface area contributed by atoms with Gasteiger partial charge in [0.15, 0.2) is 0 Å². The summed E-state index contributed by atoms with van der Waals surface area (Å²) in [5.74, 6) is 0.474. The highest BCUT2D eigenvalue weighted by Gasteiger charge is 2.21. The van der Waals surface area contributed by atoms with Crippen LogP contribution in [-0.2, 0) is 6.54 Å². The quantitative estimate of drug-likeness (QED) is 0.641. The number of nitrogens with zero attached hydrogens (tertiary/aromatic N) is 6. The molecule has 10 heteroatoms. The molecule has 1 fully saturated rings. The standard InChI is InChI=1S/C18H19ClN6O2S/c19-24(18(27)15-4-3-9-28-15)11-13-12-25(22-21-13)14-6-7-16(20-10-14)23-8-2-1-5-17(23)26/h3-4,6-7,9-10,12,17,26H,1-2,5,8,11H2. The summed E-state index contributed by atoms with van der Waals surface area (Å²) >= 11 is 7.44. The van der Waals surface area contributed by atoms with E-state index in [9.17, 15) is 9.90 Å². The number of aromatic nitrogens is 4. The van der Waals surface area contributed by atoms with E-state index in [0.29, 0.717) is 10.6 Å². The number of pyridine rings is 1. The molecule has 0 aliphatic carbocycles. The molecule has 0 radical (unpaired) electrons. The van der Waals surface area contributed by atoms with E-state index >= 15 is 0 Å². The molecule has 3 aromatic rings. The van der Waals surface area contributed by atoms with Crippen molar-refractivity contribution >= 4 is 34.8 Å². The lowest BCUT2D eigenvalue weighted by Gasteiger charge is -2.32. The van der Waals surface area contributed by atoms with Gasteiger partial charge < -0.3 is 10.0 Å². The fourth-order valence-corrected chi connectivity index (χ4v) is 4.03. The highest BCUT2D eigenvalue weighted by atomic mass is 35.5. The van der Waals surface area contributed by atoms with Crippen molar-refractivity contribution in [3.63, 3.8) is 0 Å². The highest BCUT2D eigenvalue weighted by molar-refractivity contribution is 7.12. The van der Waals surface area contributed by atoms with E-state index in [4.69, 9.17) is 11.8 Å². The van der Waals surface area contributed by atoms with Crippen molar-refractivity contribution in [2.45, 2.75) is 32.0 Å². The SMILES string of the molecule is O=C(c1cccs1)N(Cl)Cc1cn(-c2ccc(N3CCCCC3O)nc2)nn1. The normalized spacial score (nSPS) is 16.9. The molecule has 8 nitrogen and oxygen atoms in total. The van der Waals surface area contributed by atoms with Crippen molar-refractivity contribution in [2.75, 3.05) is 11.4 Å². The minimum atomic E-state index is -0.486. The van der Waals surface area contributed by atoms with Crippen LogP contribution in [0.4, 0.5) is 5.82 Å². The van der Waals surface area contributed by atoms with Gasteiger partial charge in [-0.15, -0.1) is 16.4 Å². The Morgan fingerprint density at radius 3 is 2.96 bits per heavy atom. The van der Waals surface area contributed by atoms with Crippen molar-refractivity contribution in [2.24, 2.45) is 0 Å². The Morgan fingerprint density at radius 1 is 1.36 bits per heavy atom. The number of carbonyl (C=O) groups is 1. The van der Waals surface area contributed by atoms with Crippen molar-refractivity contribution < 1.29 is 9.90 Å². The first-order valence-electron chi connectivity index (χ1n) is 8.95. The average Bonchev–Trinajstić information content (AvgIpc) is 3.40. The Morgan fingerprint density at radius 2 is 2.25 bits per heavy atom. The lowest BCUT2D eigenvalue weighted by molar-refractivity contribution is 0.0860. The summed E-state index contributed by atoms with van der Waals surface area (Å²) in [6.07, 6.45) is 5.75. The number of hydrogen-bond donors (Lipinski definition) is 1. The molecule has 146 valence electrons. The zero-order valence-electron chi connectivity index (χ0n) is 15.0. The minimum absolute atomic E-state index is 0.143. The number of hydrogen-bond acceptors (Lipinski definition) is 7. The molecule has 4 rings (SSSR count). The van der Waals surface area contributed by atoms with Crippen LogP contribution in [0, 0.1) is 0 Å². The Kier molecular flexibility index (Phi) is 5.56. The van der Waals surface area contributed by atoms with Gasteiger partial charge in [-0.05, 0) is 42.8 Å². The van der Waals surface area contributed by atoms with E-state index in [1.165, 1.54) is 11.3 Å². The molecule has 1 saturated heterocycles. The first-order chi connectivity index (χ1) is 13.6. The Hall–Kier alpha value is -2.49. The van der Waals surface area contributed by atoms with Gasteiger partial charge in [0.2, 0.25) is 0 Å². The predicted octanol–water partition coefficient (Wildman–Crippen LogP) is 2.83. The van der Waals surface area contributed by atoms with Crippen molar-refractivity contribution in [1.82, 2.24) is 24.4 Å². The largest absolute Gasteiger partial charge is 0.374 e. The molecule has 3 aromatic heterocycles. The number of amides is 1.